The van der Waals surface area contributed by atoms with Crippen LogP contribution in [0.25, 0.3) is 10.8 Å². The van der Waals surface area contributed by atoms with Crippen molar-refractivity contribution in [3.05, 3.63) is 92.6 Å². The highest BCUT2D eigenvalue weighted by molar-refractivity contribution is 5.83. The average molecular weight is 481 g/mol. The average Bonchev–Trinajstić information content (AvgIpc) is 3.33. The molecular weight excluding hydrogens is 447 g/mol. The summed E-state index contributed by atoms with van der Waals surface area (Å²) in [5, 5.41) is 19.3. The Labute approximate surface area is 205 Å². The zero-order chi connectivity index (χ0) is 25.3. The zero-order valence-electron chi connectivity index (χ0n) is 20.4. The lowest BCUT2D eigenvalue weighted by Crippen LogP contribution is -2.42. The minimum absolute atomic E-state index is 0.0346. The van der Waals surface area contributed by atoms with Crippen molar-refractivity contribution in [1.82, 2.24) is 10.2 Å². The van der Waals surface area contributed by atoms with Crippen molar-refractivity contribution < 1.29 is 9.31 Å². The Hall–Kier alpha value is -3.23. The maximum Gasteiger partial charge on any atom is 0.305 e. The number of fused-ring (bicyclic) bond motifs is 1. The number of hydrogen-bond acceptors (Lipinski definition) is 6. The summed E-state index contributed by atoms with van der Waals surface area (Å²) in [5.41, 5.74) is 1.63. The molecule has 3 aromatic rings. The second-order valence-corrected chi connectivity index (χ2v) is 9.55. The van der Waals surface area contributed by atoms with Gasteiger partial charge in [0.25, 0.3) is 0 Å². The molecule has 0 spiro atoms. The van der Waals surface area contributed by atoms with Crippen molar-refractivity contribution in [2.24, 2.45) is 5.18 Å². The fraction of sp³-hybridized carbons (Fsp3) is 0.407. The van der Waals surface area contributed by atoms with Crippen molar-refractivity contribution in [3.63, 3.8) is 0 Å². The zero-order valence-corrected chi connectivity index (χ0v) is 20.4. The van der Waals surface area contributed by atoms with Gasteiger partial charge >= 0.3 is 5.69 Å². The summed E-state index contributed by atoms with van der Waals surface area (Å²) in [6, 6.07) is 19.0. The van der Waals surface area contributed by atoms with Gasteiger partial charge in [-0.2, -0.15) is 9.30 Å². The van der Waals surface area contributed by atoms with E-state index in [1.54, 1.807) is 6.07 Å². The van der Waals surface area contributed by atoms with E-state index < -0.39 is 16.4 Å². The van der Waals surface area contributed by atoms with E-state index in [0.717, 1.165) is 25.1 Å². The number of nitrogens with zero attached hydrogens (tertiary/aromatic N) is 3. The van der Waals surface area contributed by atoms with Crippen LogP contribution in [-0.4, -0.2) is 41.5 Å². The molecule has 0 aromatic heterocycles. The number of nitrogens with one attached hydrogen (secondary N) is 1. The van der Waals surface area contributed by atoms with Crippen LogP contribution < -0.4 is 5.32 Å². The van der Waals surface area contributed by atoms with Crippen LogP contribution in [0.15, 0.2) is 65.8 Å². The third kappa shape index (κ3) is 8.19. The largest absolute Gasteiger partial charge is 0.309 e. The summed E-state index contributed by atoms with van der Waals surface area (Å²) in [5.74, 6) is -0.768. The lowest BCUT2D eigenvalue weighted by atomic mass is 9.93. The summed E-state index contributed by atoms with van der Waals surface area (Å²) in [6.07, 6.45) is 3.27. The normalized spacial score (nSPS) is 13.9. The molecule has 3 aromatic carbocycles. The van der Waals surface area contributed by atoms with Gasteiger partial charge in [-0.05, 0) is 74.2 Å². The molecule has 0 saturated carbocycles. The lowest BCUT2D eigenvalue weighted by Gasteiger charge is -2.26. The first kappa shape index (κ1) is 26.4. The number of nitro groups is 1. The minimum atomic E-state index is -0.768. The molecule has 1 aliphatic rings. The minimum Gasteiger partial charge on any atom is -0.309 e. The summed E-state index contributed by atoms with van der Waals surface area (Å²) in [7, 11) is 0. The molecule has 186 valence electrons. The molecule has 0 radical (unpaired) electrons. The van der Waals surface area contributed by atoms with E-state index in [1.165, 1.54) is 41.3 Å². The molecule has 0 bridgehead atoms. The van der Waals surface area contributed by atoms with Gasteiger partial charge in [-0.25, -0.2) is 0 Å². The summed E-state index contributed by atoms with van der Waals surface area (Å²) < 4.78 is 13.1. The second kappa shape index (κ2) is 12.5. The highest BCUT2D eigenvalue weighted by Crippen LogP contribution is 2.21. The molecule has 1 saturated heterocycles. The van der Waals surface area contributed by atoms with E-state index in [-0.39, 0.29) is 5.54 Å². The number of hydrogen-bond donors (Lipinski definition) is 1. The molecule has 0 amide bonds. The van der Waals surface area contributed by atoms with Crippen LogP contribution in [0.4, 0.5) is 10.1 Å². The second-order valence-electron chi connectivity index (χ2n) is 9.55. The maximum absolute atomic E-state index is 13.1. The molecule has 0 atom stereocenters. The van der Waals surface area contributed by atoms with Crippen LogP contribution in [0.2, 0.25) is 0 Å². The molecule has 35 heavy (non-hydrogen) atoms. The van der Waals surface area contributed by atoms with E-state index in [4.69, 9.17) is 0 Å². The molecular formula is C27H33FN4O3. The van der Waals surface area contributed by atoms with Gasteiger partial charge in [0.2, 0.25) is 5.82 Å². The third-order valence-electron chi connectivity index (χ3n) is 6.08. The Kier molecular flexibility index (Phi) is 9.39. The van der Waals surface area contributed by atoms with Gasteiger partial charge < -0.3 is 5.32 Å². The Bertz CT molecular complexity index is 1150. The van der Waals surface area contributed by atoms with Gasteiger partial charge in [-0.15, -0.1) is 0 Å². The molecule has 1 heterocycles. The topological polar surface area (TPSA) is 87.8 Å². The number of nitro benzene ring substituents is 1. The Morgan fingerprint density at radius 2 is 1.71 bits per heavy atom. The SMILES string of the molecule is CC(C)(Cc1ccc2ccccc2c1)NCCN=O.O=[N+]([O-])c1cc(CN2CCCC2)ccc1F. The standard InChI is InChI=1S/C16H20N2O.C11H13FN2O2/c1-16(2,17-9-10-18-19)12-13-7-8-14-5-3-4-6-15(14)11-13;12-10-4-3-9(7-11(10)14(15)16)8-13-5-1-2-6-13/h3-8,11,17H,9-10,12H2,1-2H3;3-4,7H,1-2,5-6,8H2. The molecule has 7 nitrogen and oxygen atoms in total. The molecule has 4 rings (SSSR count). The Morgan fingerprint density at radius 1 is 1.03 bits per heavy atom. The molecule has 0 unspecified atom stereocenters. The van der Waals surface area contributed by atoms with Crippen LogP contribution in [0.5, 0.6) is 0 Å². The maximum atomic E-state index is 13.1. The first-order valence-electron chi connectivity index (χ1n) is 11.9. The van der Waals surface area contributed by atoms with Crippen LogP contribution in [0.3, 0.4) is 0 Å². The van der Waals surface area contributed by atoms with Crippen LogP contribution in [0.1, 0.15) is 37.8 Å². The Balaban J connectivity index is 0.000000198. The number of nitroso groups, excluding NO2 is 1. The van der Waals surface area contributed by atoms with Crippen molar-refractivity contribution in [3.8, 4) is 0 Å². The van der Waals surface area contributed by atoms with Gasteiger partial charge in [0, 0.05) is 24.7 Å². The predicted molar refractivity (Wildman–Crippen MR) is 138 cm³/mol. The summed E-state index contributed by atoms with van der Waals surface area (Å²) >= 11 is 0. The van der Waals surface area contributed by atoms with Crippen LogP contribution in [0, 0.1) is 20.8 Å². The first-order chi connectivity index (χ1) is 16.8. The van der Waals surface area contributed by atoms with E-state index in [0.29, 0.717) is 19.6 Å². The summed E-state index contributed by atoms with van der Waals surface area (Å²) in [4.78, 5) is 22.2. The van der Waals surface area contributed by atoms with Crippen molar-refractivity contribution in [2.75, 3.05) is 26.2 Å². The van der Waals surface area contributed by atoms with E-state index >= 15 is 0 Å². The number of benzene rings is 3. The van der Waals surface area contributed by atoms with Gasteiger partial charge in [-0.3, -0.25) is 15.0 Å². The fourth-order valence-electron chi connectivity index (χ4n) is 4.36. The van der Waals surface area contributed by atoms with Gasteiger partial charge in [0.15, 0.2) is 0 Å². The van der Waals surface area contributed by atoms with E-state index in [2.05, 4.69) is 71.7 Å². The fourth-order valence-corrected chi connectivity index (χ4v) is 4.36. The van der Waals surface area contributed by atoms with Gasteiger partial charge in [0.1, 0.15) is 0 Å². The predicted octanol–water partition coefficient (Wildman–Crippen LogP) is 5.85. The molecule has 1 fully saturated rings. The molecule has 1 aliphatic heterocycles. The number of rotatable bonds is 9. The van der Waals surface area contributed by atoms with Crippen molar-refractivity contribution in [1.29, 1.82) is 0 Å². The highest BCUT2D eigenvalue weighted by atomic mass is 19.1. The van der Waals surface area contributed by atoms with E-state index in [1.807, 2.05) is 0 Å². The lowest BCUT2D eigenvalue weighted by molar-refractivity contribution is -0.387. The smallest absolute Gasteiger partial charge is 0.305 e. The van der Waals surface area contributed by atoms with Gasteiger partial charge in [-0.1, -0.05) is 53.7 Å². The Morgan fingerprint density at radius 3 is 2.40 bits per heavy atom. The molecule has 8 heteroatoms. The van der Waals surface area contributed by atoms with E-state index in [9.17, 15) is 19.4 Å². The van der Waals surface area contributed by atoms with Gasteiger partial charge in [0.05, 0.1) is 11.5 Å². The monoisotopic (exact) mass is 480 g/mol. The van der Waals surface area contributed by atoms with Crippen LogP contribution >= 0.6 is 0 Å². The summed E-state index contributed by atoms with van der Waals surface area (Å²) in [6.45, 7) is 7.95. The van der Waals surface area contributed by atoms with Crippen molar-refractivity contribution >= 4 is 16.5 Å². The van der Waals surface area contributed by atoms with Crippen molar-refractivity contribution in [2.45, 2.75) is 45.2 Å². The molecule has 1 N–H and O–H groups in total. The highest BCUT2D eigenvalue weighted by Gasteiger charge is 2.18. The first-order valence-corrected chi connectivity index (χ1v) is 11.9. The number of halogens is 1. The molecule has 0 aliphatic carbocycles. The number of likely N-dealkylation sites (tertiary alicyclic amines) is 1. The quantitative estimate of drug-likeness (QED) is 0.180. The third-order valence-corrected chi connectivity index (χ3v) is 6.08. The van der Waals surface area contributed by atoms with Crippen LogP contribution in [-0.2, 0) is 13.0 Å².